The highest BCUT2D eigenvalue weighted by Gasteiger charge is 2.24. The molecule has 29 heavy (non-hydrogen) atoms. The van der Waals surface area contributed by atoms with Gasteiger partial charge in [0, 0.05) is 0 Å². The van der Waals surface area contributed by atoms with Crippen LogP contribution in [0.25, 0.3) is 64.6 Å². The van der Waals surface area contributed by atoms with Crippen molar-refractivity contribution in [2.24, 2.45) is 0 Å². The first-order valence-corrected chi connectivity index (χ1v) is 10.7. The van der Waals surface area contributed by atoms with Gasteiger partial charge in [0.2, 0.25) is 0 Å². The van der Waals surface area contributed by atoms with Crippen molar-refractivity contribution in [3.63, 3.8) is 0 Å². The number of benzene rings is 5. The summed E-state index contributed by atoms with van der Waals surface area (Å²) >= 11 is 0. The van der Waals surface area contributed by atoms with Crippen molar-refractivity contribution < 1.29 is 0 Å². The molecule has 4 bridgehead atoms. The third-order valence-corrected chi connectivity index (χ3v) is 7.44. The Kier molecular flexibility index (Phi) is 2.40. The van der Waals surface area contributed by atoms with Gasteiger partial charge in [0.1, 0.15) is 0 Å². The molecule has 0 saturated carbocycles. The molecule has 0 nitrogen and oxygen atoms in total. The van der Waals surface area contributed by atoms with Gasteiger partial charge in [-0.25, -0.2) is 0 Å². The maximum Gasteiger partial charge on any atom is -0.00235 e. The molecule has 0 saturated heterocycles. The maximum absolute atomic E-state index is 2.52. The molecule has 1 aliphatic carbocycles. The van der Waals surface area contributed by atoms with E-state index in [2.05, 4.69) is 72.8 Å². The highest BCUT2D eigenvalue weighted by molar-refractivity contribution is 6.39. The van der Waals surface area contributed by atoms with Crippen LogP contribution in [0.5, 0.6) is 0 Å². The van der Waals surface area contributed by atoms with Gasteiger partial charge in [0.25, 0.3) is 0 Å². The van der Waals surface area contributed by atoms with Crippen molar-refractivity contribution in [2.75, 3.05) is 0 Å². The van der Waals surface area contributed by atoms with E-state index in [4.69, 9.17) is 0 Å². The summed E-state index contributed by atoms with van der Waals surface area (Å²) in [7, 11) is 0. The molecular weight excluding hydrogens is 348 g/mol. The van der Waals surface area contributed by atoms with Gasteiger partial charge in [-0.2, -0.15) is 0 Å². The molecule has 7 aromatic rings. The lowest BCUT2D eigenvalue weighted by molar-refractivity contribution is 0.834. The van der Waals surface area contributed by atoms with Crippen LogP contribution in [0.2, 0.25) is 0 Å². The minimum Gasteiger partial charge on any atom is -0.0610 e. The first kappa shape index (κ1) is 14.6. The fourth-order valence-electron chi connectivity index (χ4n) is 6.39. The predicted octanol–water partition coefficient (Wildman–Crippen LogP) is 7.97. The molecule has 0 fully saturated rings. The predicted molar refractivity (Wildman–Crippen MR) is 126 cm³/mol. The Balaban J connectivity index is 1.80. The van der Waals surface area contributed by atoms with Crippen molar-refractivity contribution in [1.29, 1.82) is 0 Å². The molecule has 0 amide bonds. The van der Waals surface area contributed by atoms with Gasteiger partial charge in [0.05, 0.1) is 0 Å². The number of fused-ring (bicyclic) bond motifs is 4. The fraction of sp³-hybridized carbons (Fsp3) is 0.103. The summed E-state index contributed by atoms with van der Waals surface area (Å²) in [5, 5.41) is 17.4. The molecule has 0 spiro atoms. The van der Waals surface area contributed by atoms with E-state index in [9.17, 15) is 0 Å². The van der Waals surface area contributed by atoms with E-state index in [1.54, 1.807) is 5.56 Å². The molecule has 0 N–H and O–H groups in total. The minimum absolute atomic E-state index is 1.16. The van der Waals surface area contributed by atoms with Crippen LogP contribution >= 0.6 is 0 Å². The van der Waals surface area contributed by atoms with Crippen molar-refractivity contribution in [2.45, 2.75) is 19.3 Å². The summed E-state index contributed by atoms with van der Waals surface area (Å²) < 4.78 is 0. The quantitative estimate of drug-likeness (QED) is 0.255. The average Bonchev–Trinajstić information content (AvgIpc) is 3.27. The number of hydrogen-bond donors (Lipinski definition) is 0. The molecule has 0 aliphatic heterocycles. The van der Waals surface area contributed by atoms with Crippen LogP contribution in [0, 0.1) is 0 Å². The molecule has 134 valence electrons. The molecule has 7 aromatic carbocycles. The Morgan fingerprint density at radius 1 is 0.448 bits per heavy atom. The van der Waals surface area contributed by atoms with Crippen LogP contribution in [0.1, 0.15) is 17.5 Å². The van der Waals surface area contributed by atoms with E-state index in [1.807, 2.05) is 0 Å². The Labute approximate surface area is 168 Å². The van der Waals surface area contributed by atoms with Crippen molar-refractivity contribution >= 4 is 64.6 Å². The van der Waals surface area contributed by atoms with Crippen LogP contribution in [-0.2, 0) is 12.8 Å². The summed E-state index contributed by atoms with van der Waals surface area (Å²) in [6, 6.07) is 27.7. The first-order valence-electron chi connectivity index (χ1n) is 10.7. The summed E-state index contributed by atoms with van der Waals surface area (Å²) in [5.74, 6) is 0. The summed E-state index contributed by atoms with van der Waals surface area (Å²) in [6.45, 7) is 0. The topological polar surface area (TPSA) is 0 Å². The van der Waals surface area contributed by atoms with Crippen LogP contribution < -0.4 is 0 Å². The lowest BCUT2D eigenvalue weighted by atomic mass is 9.91. The summed E-state index contributed by atoms with van der Waals surface area (Å²) in [6.07, 6.45) is 3.55. The Hall–Kier alpha value is -3.38. The highest BCUT2D eigenvalue weighted by Crippen LogP contribution is 2.49. The molecule has 8 rings (SSSR count). The third-order valence-electron chi connectivity index (χ3n) is 7.44. The van der Waals surface area contributed by atoms with Crippen molar-refractivity contribution in [3.05, 3.63) is 83.9 Å². The standard InChI is InChI=1S/C29H18/c1-5-16-6-2-10-20-25(16)19(9-1)23-15-24-27-18-8-4-12-22(28(20)23)29(24)21-11-3-7-17(13-14-18)26(21)27/h1-3,5-7,9-11,13-15H,4,8,12H2. The third kappa shape index (κ3) is 1.57. The zero-order chi connectivity index (χ0) is 18.7. The zero-order valence-electron chi connectivity index (χ0n) is 16.0. The van der Waals surface area contributed by atoms with E-state index in [-0.39, 0.29) is 0 Å². The molecule has 0 atom stereocenters. The van der Waals surface area contributed by atoms with Gasteiger partial charge in [-0.1, -0.05) is 66.7 Å². The van der Waals surface area contributed by atoms with Gasteiger partial charge in [-0.15, -0.1) is 0 Å². The molecule has 0 unspecified atom stereocenters. The second kappa shape index (κ2) is 4.78. The molecule has 0 radical (unpaired) electrons. The van der Waals surface area contributed by atoms with Crippen LogP contribution in [0.4, 0.5) is 0 Å². The normalized spacial score (nSPS) is 14.5. The number of rotatable bonds is 0. The van der Waals surface area contributed by atoms with Gasteiger partial charge in [-0.05, 0) is 101 Å². The number of hydrogen-bond acceptors (Lipinski definition) is 0. The Bertz CT molecular complexity index is 1760. The van der Waals surface area contributed by atoms with E-state index in [0.29, 0.717) is 0 Å². The SMILES string of the molecule is c1cc2cccc3c4c5c6c(cc4c(c1)c23)c1c(ccc2cccc6c21)CCC5. The second-order valence-electron chi connectivity index (χ2n) is 8.77. The second-order valence-corrected chi connectivity index (χ2v) is 8.77. The summed E-state index contributed by atoms with van der Waals surface area (Å²) in [5.41, 5.74) is 3.11. The lowest BCUT2D eigenvalue weighted by Gasteiger charge is -2.13. The lowest BCUT2D eigenvalue weighted by Crippen LogP contribution is -1.95. The highest BCUT2D eigenvalue weighted by atomic mass is 14.3. The molecule has 0 heterocycles. The van der Waals surface area contributed by atoms with E-state index >= 15 is 0 Å². The summed E-state index contributed by atoms with van der Waals surface area (Å²) in [4.78, 5) is 0. The van der Waals surface area contributed by atoms with E-state index in [1.165, 1.54) is 83.0 Å². The minimum atomic E-state index is 1.16. The monoisotopic (exact) mass is 366 g/mol. The van der Waals surface area contributed by atoms with Gasteiger partial charge in [-0.3, -0.25) is 0 Å². The fourth-order valence-corrected chi connectivity index (χ4v) is 6.39. The molecular formula is C29H18. The smallest absolute Gasteiger partial charge is 0.00235 e. The zero-order valence-corrected chi connectivity index (χ0v) is 16.0. The Morgan fingerprint density at radius 3 is 1.97 bits per heavy atom. The first-order chi connectivity index (χ1) is 14.4. The van der Waals surface area contributed by atoms with Crippen LogP contribution in [-0.4, -0.2) is 0 Å². The largest absolute Gasteiger partial charge is 0.0610 e. The molecule has 1 aliphatic rings. The van der Waals surface area contributed by atoms with E-state index in [0.717, 1.165) is 6.42 Å². The van der Waals surface area contributed by atoms with Gasteiger partial charge in [0.15, 0.2) is 0 Å². The maximum atomic E-state index is 2.52. The van der Waals surface area contributed by atoms with Crippen molar-refractivity contribution in [1.82, 2.24) is 0 Å². The van der Waals surface area contributed by atoms with Gasteiger partial charge >= 0.3 is 0 Å². The number of aryl methyl sites for hydroxylation is 2. The van der Waals surface area contributed by atoms with Crippen molar-refractivity contribution in [3.8, 4) is 0 Å². The van der Waals surface area contributed by atoms with Crippen LogP contribution in [0.15, 0.2) is 72.8 Å². The van der Waals surface area contributed by atoms with Crippen LogP contribution in [0.3, 0.4) is 0 Å². The molecule has 0 aromatic heterocycles. The molecule has 0 heteroatoms. The average molecular weight is 366 g/mol. The Morgan fingerprint density at radius 2 is 1.14 bits per heavy atom. The van der Waals surface area contributed by atoms with E-state index < -0.39 is 0 Å². The van der Waals surface area contributed by atoms with Gasteiger partial charge < -0.3 is 0 Å².